The molecule has 0 saturated heterocycles. The zero-order chi connectivity index (χ0) is 15.4. The summed E-state index contributed by atoms with van der Waals surface area (Å²) in [5, 5.41) is 2.70. The topological polar surface area (TPSA) is 47.6 Å². The van der Waals surface area contributed by atoms with Crippen molar-refractivity contribution >= 4 is 34.2 Å². The second-order valence-electron chi connectivity index (χ2n) is 4.15. The number of hydrogen-bond donors (Lipinski definition) is 1. The van der Waals surface area contributed by atoms with Crippen molar-refractivity contribution in [2.24, 2.45) is 0 Å². The van der Waals surface area contributed by atoms with Gasteiger partial charge in [-0.15, -0.1) is 0 Å². The van der Waals surface area contributed by atoms with Crippen molar-refractivity contribution in [2.45, 2.75) is 0 Å². The number of carbonyl (C=O) groups excluding carboxylic acids is 1. The lowest BCUT2D eigenvalue weighted by Gasteiger charge is -2.12. The molecule has 0 aliphatic heterocycles. The van der Waals surface area contributed by atoms with Gasteiger partial charge in [0.15, 0.2) is 11.5 Å². The molecule has 0 aromatic heterocycles. The Labute approximate surface area is 135 Å². The van der Waals surface area contributed by atoms with E-state index in [1.54, 1.807) is 12.1 Å². The Hall–Kier alpha value is -1.83. The van der Waals surface area contributed by atoms with Crippen LogP contribution in [0.15, 0.2) is 36.4 Å². The molecule has 6 heteroatoms. The minimum atomic E-state index is -0.353. The van der Waals surface area contributed by atoms with Crippen molar-refractivity contribution in [2.75, 3.05) is 19.5 Å². The molecule has 1 N–H and O–H groups in total. The van der Waals surface area contributed by atoms with Crippen LogP contribution >= 0.6 is 22.6 Å². The van der Waals surface area contributed by atoms with Gasteiger partial charge in [0, 0.05) is 11.3 Å². The summed E-state index contributed by atoms with van der Waals surface area (Å²) >= 11 is 2.07. The van der Waals surface area contributed by atoms with Gasteiger partial charge in [0.05, 0.1) is 17.8 Å². The van der Waals surface area contributed by atoms with Crippen LogP contribution in [0.4, 0.5) is 10.1 Å². The molecule has 2 aromatic carbocycles. The van der Waals surface area contributed by atoms with E-state index in [1.807, 2.05) is 0 Å². The molecule has 0 atom stereocenters. The number of benzene rings is 2. The average molecular weight is 401 g/mol. The maximum absolute atomic E-state index is 12.8. The van der Waals surface area contributed by atoms with Crippen LogP contribution in [0.2, 0.25) is 0 Å². The zero-order valence-corrected chi connectivity index (χ0v) is 13.6. The number of hydrogen-bond acceptors (Lipinski definition) is 3. The van der Waals surface area contributed by atoms with E-state index in [1.165, 1.54) is 38.5 Å². The lowest BCUT2D eigenvalue weighted by molar-refractivity contribution is 0.102. The summed E-state index contributed by atoms with van der Waals surface area (Å²) in [7, 11) is 3.05. The maximum Gasteiger partial charge on any atom is 0.255 e. The molecule has 21 heavy (non-hydrogen) atoms. The van der Waals surface area contributed by atoms with Crippen LogP contribution in [0.5, 0.6) is 11.5 Å². The van der Waals surface area contributed by atoms with Crippen molar-refractivity contribution in [3.63, 3.8) is 0 Å². The molecule has 0 heterocycles. The highest BCUT2D eigenvalue weighted by Crippen LogP contribution is 2.33. The van der Waals surface area contributed by atoms with Crippen LogP contribution < -0.4 is 14.8 Å². The first kappa shape index (κ1) is 15.6. The molecule has 2 aromatic rings. The van der Waals surface area contributed by atoms with Gasteiger partial charge in [-0.3, -0.25) is 4.79 Å². The van der Waals surface area contributed by atoms with Crippen LogP contribution in [0, 0.1) is 9.39 Å². The molecule has 110 valence electrons. The molecule has 4 nitrogen and oxygen atoms in total. The fourth-order valence-corrected chi connectivity index (χ4v) is 2.61. The molecular weight excluding hydrogens is 388 g/mol. The van der Waals surface area contributed by atoms with E-state index >= 15 is 0 Å². The lowest BCUT2D eigenvalue weighted by atomic mass is 10.2. The number of carbonyl (C=O) groups is 1. The van der Waals surface area contributed by atoms with Crippen LogP contribution in [0.25, 0.3) is 0 Å². The summed E-state index contributed by atoms with van der Waals surface area (Å²) in [6, 6.07) is 8.86. The third kappa shape index (κ3) is 3.63. The molecule has 0 fully saturated rings. The van der Waals surface area contributed by atoms with E-state index in [0.717, 1.165) is 3.57 Å². The molecule has 0 saturated carbocycles. The predicted molar refractivity (Wildman–Crippen MR) is 86.6 cm³/mol. The highest BCUT2D eigenvalue weighted by molar-refractivity contribution is 14.1. The predicted octanol–water partition coefficient (Wildman–Crippen LogP) is 3.70. The average Bonchev–Trinajstić information content (AvgIpc) is 2.48. The molecule has 0 unspecified atom stereocenters. The Morgan fingerprint density at radius 2 is 1.81 bits per heavy atom. The second kappa shape index (κ2) is 6.75. The molecule has 0 radical (unpaired) electrons. The van der Waals surface area contributed by atoms with Crippen molar-refractivity contribution < 1.29 is 18.7 Å². The molecule has 0 aliphatic rings. The second-order valence-corrected chi connectivity index (χ2v) is 5.32. The lowest BCUT2D eigenvalue weighted by Crippen LogP contribution is -2.12. The third-order valence-electron chi connectivity index (χ3n) is 2.80. The summed E-state index contributed by atoms with van der Waals surface area (Å²) in [5.74, 6) is 0.402. The fourth-order valence-electron chi connectivity index (χ4n) is 1.79. The van der Waals surface area contributed by atoms with E-state index in [9.17, 15) is 9.18 Å². The van der Waals surface area contributed by atoms with Gasteiger partial charge in [-0.2, -0.15) is 0 Å². The first-order valence-corrected chi connectivity index (χ1v) is 7.11. The normalized spacial score (nSPS) is 10.1. The largest absolute Gasteiger partial charge is 0.493 e. The minimum absolute atomic E-state index is 0.305. The van der Waals surface area contributed by atoms with Crippen molar-refractivity contribution in [3.05, 3.63) is 51.3 Å². The van der Waals surface area contributed by atoms with Gasteiger partial charge in [0.2, 0.25) is 0 Å². The molecular formula is C15H13FINO3. The summed E-state index contributed by atoms with van der Waals surface area (Å²) in [5.41, 5.74) is 0.951. The van der Waals surface area contributed by atoms with Gasteiger partial charge in [0.1, 0.15) is 5.82 Å². The van der Waals surface area contributed by atoms with E-state index in [2.05, 4.69) is 27.9 Å². The number of anilines is 1. The number of methoxy groups -OCH3 is 2. The van der Waals surface area contributed by atoms with Gasteiger partial charge in [-0.25, -0.2) is 4.39 Å². The van der Waals surface area contributed by atoms with Gasteiger partial charge in [-0.05, 0) is 59.0 Å². The Bertz CT molecular complexity index is 659. The Balaban J connectivity index is 2.27. The number of nitrogens with one attached hydrogen (secondary N) is 1. The fraction of sp³-hybridized carbons (Fsp3) is 0.133. The van der Waals surface area contributed by atoms with E-state index in [4.69, 9.17) is 9.47 Å². The monoisotopic (exact) mass is 401 g/mol. The summed E-state index contributed by atoms with van der Waals surface area (Å²) in [6.07, 6.45) is 0. The Morgan fingerprint density at radius 3 is 2.38 bits per heavy atom. The third-order valence-corrected chi connectivity index (χ3v) is 3.60. The highest BCUT2D eigenvalue weighted by Gasteiger charge is 2.15. The summed E-state index contributed by atoms with van der Waals surface area (Å²) in [6.45, 7) is 0. The Kier molecular flexibility index (Phi) is 5.00. The SMILES string of the molecule is COc1cc(C(=O)Nc2ccc(F)cc2)cc(I)c1OC. The van der Waals surface area contributed by atoms with E-state index in [0.29, 0.717) is 22.7 Å². The first-order valence-electron chi connectivity index (χ1n) is 6.03. The summed E-state index contributed by atoms with van der Waals surface area (Å²) < 4.78 is 24.0. The number of amides is 1. The van der Waals surface area contributed by atoms with Gasteiger partial charge < -0.3 is 14.8 Å². The number of ether oxygens (including phenoxy) is 2. The van der Waals surface area contributed by atoms with E-state index < -0.39 is 0 Å². The van der Waals surface area contributed by atoms with Crippen LogP contribution in [-0.2, 0) is 0 Å². The van der Waals surface area contributed by atoms with Crippen molar-refractivity contribution in [3.8, 4) is 11.5 Å². The molecule has 0 bridgehead atoms. The summed E-state index contributed by atoms with van der Waals surface area (Å²) in [4.78, 5) is 12.2. The van der Waals surface area contributed by atoms with Crippen LogP contribution in [0.3, 0.4) is 0 Å². The minimum Gasteiger partial charge on any atom is -0.493 e. The van der Waals surface area contributed by atoms with Gasteiger partial charge >= 0.3 is 0 Å². The molecule has 1 amide bonds. The molecule has 0 aliphatic carbocycles. The van der Waals surface area contributed by atoms with Crippen LogP contribution in [-0.4, -0.2) is 20.1 Å². The smallest absolute Gasteiger partial charge is 0.255 e. The van der Waals surface area contributed by atoms with Crippen molar-refractivity contribution in [1.29, 1.82) is 0 Å². The van der Waals surface area contributed by atoms with Gasteiger partial charge in [0.25, 0.3) is 5.91 Å². The maximum atomic E-state index is 12.8. The van der Waals surface area contributed by atoms with Gasteiger partial charge in [-0.1, -0.05) is 0 Å². The standard InChI is InChI=1S/C15H13FINO3/c1-20-13-8-9(7-12(17)14(13)21-2)15(19)18-11-5-3-10(16)4-6-11/h3-8H,1-2H3,(H,18,19). The number of halogens is 2. The van der Waals surface area contributed by atoms with Crippen LogP contribution in [0.1, 0.15) is 10.4 Å². The number of rotatable bonds is 4. The highest BCUT2D eigenvalue weighted by atomic mass is 127. The molecule has 0 spiro atoms. The first-order chi connectivity index (χ1) is 10.0. The van der Waals surface area contributed by atoms with E-state index in [-0.39, 0.29) is 11.7 Å². The quantitative estimate of drug-likeness (QED) is 0.796. The zero-order valence-electron chi connectivity index (χ0n) is 11.4. The van der Waals surface area contributed by atoms with Crippen molar-refractivity contribution in [1.82, 2.24) is 0 Å². The molecule has 2 rings (SSSR count). The Morgan fingerprint density at radius 1 is 1.14 bits per heavy atom.